The number of hydrogen-bond acceptors (Lipinski definition) is 4. The summed E-state index contributed by atoms with van der Waals surface area (Å²) in [5, 5.41) is 3.13. The molecule has 0 bridgehead atoms. The lowest BCUT2D eigenvalue weighted by atomic mass is 9.91. The highest BCUT2D eigenvalue weighted by molar-refractivity contribution is 7.89. The van der Waals surface area contributed by atoms with Crippen LogP contribution in [-0.4, -0.2) is 50.6 Å². The largest absolute Gasteiger partial charge is 0.497 e. The number of amides is 1. The molecule has 0 saturated carbocycles. The lowest BCUT2D eigenvalue weighted by Gasteiger charge is -2.38. The fourth-order valence-corrected chi connectivity index (χ4v) is 5.18. The highest BCUT2D eigenvalue weighted by atomic mass is 32.2. The van der Waals surface area contributed by atoms with E-state index in [0.29, 0.717) is 38.8 Å². The summed E-state index contributed by atoms with van der Waals surface area (Å²) in [4.78, 5) is 12.4. The fraction of sp³-hybridized carbons (Fsp3) is 0.650. The number of carbonyl (C=O) groups excluding carboxylic acids is 1. The van der Waals surface area contributed by atoms with Crippen LogP contribution >= 0.6 is 0 Å². The minimum atomic E-state index is -3.17. The van der Waals surface area contributed by atoms with Crippen molar-refractivity contribution in [2.45, 2.75) is 52.0 Å². The molecule has 1 aliphatic rings. The van der Waals surface area contributed by atoms with Crippen LogP contribution < -0.4 is 10.1 Å². The van der Waals surface area contributed by atoms with Gasteiger partial charge in [0.25, 0.3) is 0 Å². The van der Waals surface area contributed by atoms with Crippen molar-refractivity contribution in [2.24, 2.45) is 5.92 Å². The normalized spacial score (nSPS) is 21.0. The zero-order chi connectivity index (χ0) is 19.9. The lowest BCUT2D eigenvalue weighted by molar-refractivity contribution is -0.122. The van der Waals surface area contributed by atoms with E-state index in [9.17, 15) is 13.2 Å². The molecular weight excluding hydrogens is 364 g/mol. The van der Waals surface area contributed by atoms with Crippen LogP contribution in [0.3, 0.4) is 0 Å². The molecule has 2 rings (SSSR count). The second-order valence-corrected chi connectivity index (χ2v) is 9.25. The number of sulfonamides is 1. The van der Waals surface area contributed by atoms with Crippen LogP contribution in [0.15, 0.2) is 24.3 Å². The van der Waals surface area contributed by atoms with Crippen molar-refractivity contribution in [3.63, 3.8) is 0 Å². The third-order valence-electron chi connectivity index (χ3n) is 5.20. The van der Waals surface area contributed by atoms with E-state index >= 15 is 0 Å². The number of aryl methyl sites for hydroxylation is 1. The Bertz CT molecular complexity index is 720. The summed E-state index contributed by atoms with van der Waals surface area (Å²) in [7, 11) is -1.54. The van der Waals surface area contributed by atoms with Gasteiger partial charge in [-0.05, 0) is 42.9 Å². The molecule has 1 saturated heterocycles. The third-order valence-corrected chi connectivity index (χ3v) is 7.24. The quantitative estimate of drug-likeness (QED) is 0.696. The van der Waals surface area contributed by atoms with Crippen molar-refractivity contribution in [3.05, 3.63) is 29.8 Å². The Labute approximate surface area is 163 Å². The highest BCUT2D eigenvalue weighted by Crippen LogP contribution is 2.23. The van der Waals surface area contributed by atoms with E-state index in [1.54, 1.807) is 11.4 Å². The molecule has 6 nitrogen and oxygen atoms in total. The first kappa shape index (κ1) is 21.7. The monoisotopic (exact) mass is 396 g/mol. The maximum Gasteiger partial charge on any atom is 0.220 e. The van der Waals surface area contributed by atoms with Gasteiger partial charge in [-0.2, -0.15) is 0 Å². The van der Waals surface area contributed by atoms with Crippen LogP contribution in [0.4, 0.5) is 0 Å². The molecule has 1 N–H and O–H groups in total. The predicted octanol–water partition coefficient (Wildman–Crippen LogP) is 2.58. The Balaban J connectivity index is 1.88. The molecule has 152 valence electrons. The standard InChI is InChI=1S/C20H32N2O4S/c1-4-13-27(24,25)22-12-11-19(17(5-2)15-22)21-20(23)10-9-16-7-6-8-18(14-16)26-3/h6-8,14,17,19H,4-5,9-13,15H2,1-3H3,(H,21,23)/t17-,19+/m1/s1. The topological polar surface area (TPSA) is 75.7 Å². The predicted molar refractivity (Wildman–Crippen MR) is 107 cm³/mol. The lowest BCUT2D eigenvalue weighted by Crippen LogP contribution is -2.52. The van der Waals surface area contributed by atoms with E-state index < -0.39 is 10.0 Å². The van der Waals surface area contributed by atoms with Gasteiger partial charge in [0.15, 0.2) is 0 Å². The fourth-order valence-electron chi connectivity index (χ4n) is 3.61. The molecule has 2 atom stereocenters. The Morgan fingerprint density at radius 2 is 2.11 bits per heavy atom. The van der Waals surface area contributed by atoms with Gasteiger partial charge in [0.1, 0.15) is 5.75 Å². The molecular formula is C20H32N2O4S. The van der Waals surface area contributed by atoms with Crippen LogP contribution in [0.5, 0.6) is 5.75 Å². The van der Waals surface area contributed by atoms with Crippen LogP contribution in [0.2, 0.25) is 0 Å². The minimum Gasteiger partial charge on any atom is -0.497 e. The molecule has 0 aliphatic carbocycles. The molecule has 0 radical (unpaired) electrons. The van der Waals surface area contributed by atoms with Gasteiger partial charge in [0.2, 0.25) is 15.9 Å². The minimum absolute atomic E-state index is 0.0196. The number of carbonyl (C=O) groups is 1. The zero-order valence-corrected chi connectivity index (χ0v) is 17.4. The maximum atomic E-state index is 12.4. The average molecular weight is 397 g/mol. The SMILES string of the molecule is CCCS(=O)(=O)N1CC[C@H](NC(=O)CCc2cccc(OC)c2)[C@H](CC)C1. The van der Waals surface area contributed by atoms with Crippen LogP contribution in [0.1, 0.15) is 45.1 Å². The van der Waals surface area contributed by atoms with Crippen molar-refractivity contribution >= 4 is 15.9 Å². The summed E-state index contributed by atoms with van der Waals surface area (Å²) < 4.78 is 31.4. The van der Waals surface area contributed by atoms with Crippen molar-refractivity contribution < 1.29 is 17.9 Å². The van der Waals surface area contributed by atoms with Gasteiger partial charge in [0, 0.05) is 25.6 Å². The molecule has 27 heavy (non-hydrogen) atoms. The molecule has 0 unspecified atom stereocenters. The Hall–Kier alpha value is -1.60. The summed E-state index contributed by atoms with van der Waals surface area (Å²) >= 11 is 0. The molecule has 1 aromatic rings. The number of rotatable bonds is 9. The first-order valence-corrected chi connectivity index (χ1v) is 11.4. The number of nitrogens with one attached hydrogen (secondary N) is 1. The Morgan fingerprint density at radius 1 is 1.33 bits per heavy atom. The number of piperidine rings is 1. The van der Waals surface area contributed by atoms with Crippen molar-refractivity contribution in [2.75, 3.05) is 26.0 Å². The average Bonchev–Trinajstić information content (AvgIpc) is 2.66. The number of methoxy groups -OCH3 is 1. The summed E-state index contributed by atoms with van der Waals surface area (Å²) in [5.41, 5.74) is 1.07. The number of benzene rings is 1. The van der Waals surface area contributed by atoms with Gasteiger partial charge in [-0.15, -0.1) is 0 Å². The number of ether oxygens (including phenoxy) is 1. The van der Waals surface area contributed by atoms with E-state index in [4.69, 9.17) is 4.74 Å². The number of hydrogen-bond donors (Lipinski definition) is 1. The van der Waals surface area contributed by atoms with Crippen LogP contribution in [0, 0.1) is 5.92 Å². The molecule has 1 heterocycles. The molecule has 7 heteroatoms. The van der Waals surface area contributed by atoms with Gasteiger partial charge >= 0.3 is 0 Å². The molecule has 0 aromatic heterocycles. The summed E-state index contributed by atoms with van der Waals surface area (Å²) in [6, 6.07) is 7.78. The molecule has 1 amide bonds. The maximum absolute atomic E-state index is 12.4. The molecule has 1 aromatic carbocycles. The van der Waals surface area contributed by atoms with Crippen LogP contribution in [0.25, 0.3) is 0 Å². The Morgan fingerprint density at radius 3 is 2.78 bits per heavy atom. The van der Waals surface area contributed by atoms with Gasteiger partial charge in [-0.25, -0.2) is 12.7 Å². The molecule has 0 spiro atoms. The van der Waals surface area contributed by atoms with Crippen LogP contribution in [-0.2, 0) is 21.2 Å². The van der Waals surface area contributed by atoms with Crippen molar-refractivity contribution in [3.8, 4) is 5.75 Å². The highest BCUT2D eigenvalue weighted by Gasteiger charge is 2.34. The van der Waals surface area contributed by atoms with E-state index in [0.717, 1.165) is 17.7 Å². The van der Waals surface area contributed by atoms with Crippen molar-refractivity contribution in [1.82, 2.24) is 9.62 Å². The number of nitrogens with zero attached hydrogens (tertiary/aromatic N) is 1. The molecule has 1 aliphatic heterocycles. The second-order valence-electron chi connectivity index (χ2n) is 7.16. The van der Waals surface area contributed by atoms with Gasteiger partial charge < -0.3 is 10.1 Å². The van der Waals surface area contributed by atoms with Crippen molar-refractivity contribution in [1.29, 1.82) is 0 Å². The van der Waals surface area contributed by atoms with Gasteiger partial charge in [0.05, 0.1) is 12.9 Å². The summed E-state index contributed by atoms with van der Waals surface area (Å²) in [6.45, 7) is 4.92. The van der Waals surface area contributed by atoms with Gasteiger partial charge in [-0.1, -0.05) is 32.4 Å². The second kappa shape index (κ2) is 10.1. The molecule has 1 fully saturated rings. The smallest absolute Gasteiger partial charge is 0.220 e. The Kier molecular flexibility index (Phi) is 8.10. The first-order chi connectivity index (χ1) is 12.9. The summed E-state index contributed by atoms with van der Waals surface area (Å²) in [5.74, 6) is 1.16. The van der Waals surface area contributed by atoms with E-state index in [2.05, 4.69) is 12.2 Å². The first-order valence-electron chi connectivity index (χ1n) is 9.79. The zero-order valence-electron chi connectivity index (χ0n) is 16.6. The van der Waals surface area contributed by atoms with E-state index in [1.165, 1.54) is 0 Å². The summed E-state index contributed by atoms with van der Waals surface area (Å²) in [6.07, 6.45) is 3.22. The van der Waals surface area contributed by atoms with E-state index in [-0.39, 0.29) is 23.6 Å². The third kappa shape index (κ3) is 6.21. The van der Waals surface area contributed by atoms with Gasteiger partial charge in [-0.3, -0.25) is 4.79 Å². The van der Waals surface area contributed by atoms with E-state index in [1.807, 2.05) is 31.2 Å².